The highest BCUT2D eigenvalue weighted by Gasteiger charge is 2.19. The lowest BCUT2D eigenvalue weighted by Gasteiger charge is -2.04. The van der Waals surface area contributed by atoms with E-state index in [1.807, 2.05) is 12.1 Å². The second-order valence-electron chi connectivity index (χ2n) is 5.00. The van der Waals surface area contributed by atoms with Crippen molar-refractivity contribution in [2.24, 2.45) is 0 Å². The van der Waals surface area contributed by atoms with Crippen LogP contribution in [-0.2, 0) is 16.0 Å². The summed E-state index contributed by atoms with van der Waals surface area (Å²) in [5, 5.41) is 0.205. The molecule has 0 aromatic heterocycles. The molecule has 0 saturated carbocycles. The van der Waals surface area contributed by atoms with E-state index < -0.39 is 0 Å². The van der Waals surface area contributed by atoms with Crippen molar-refractivity contribution in [1.29, 1.82) is 0 Å². The number of carbonyl (C=O) groups excluding carboxylic acids is 2. The molecule has 0 atom stereocenters. The summed E-state index contributed by atoms with van der Waals surface area (Å²) in [6.07, 6.45) is 0.864. The average molecular weight is 314 g/mol. The Morgan fingerprint density at radius 1 is 0.810 bits per heavy atom. The fraction of sp³-hybridized carbons (Fsp3) is 0.176. The number of hydrogen-bond donors (Lipinski definition) is 0. The molecule has 2 aromatic rings. The molecule has 0 amide bonds. The molecule has 0 fully saturated rings. The molecule has 0 aliphatic heterocycles. The fourth-order valence-electron chi connectivity index (χ4n) is 2.62. The summed E-state index contributed by atoms with van der Waals surface area (Å²) in [5.41, 5.74) is 4.97. The highest BCUT2D eigenvalue weighted by molar-refractivity contribution is 8.13. The standard InChI is InChI=1S/C17H14O2S2/c1-10(18)20-14-3-5-16-12(8-14)7-13-9-15(21-11(2)19)4-6-17(13)16/h3-6,8-9H,7H2,1-2H3. The molecule has 21 heavy (non-hydrogen) atoms. The van der Waals surface area contributed by atoms with Gasteiger partial charge in [-0.25, -0.2) is 0 Å². The van der Waals surface area contributed by atoms with Crippen molar-refractivity contribution in [1.82, 2.24) is 0 Å². The highest BCUT2D eigenvalue weighted by Crippen LogP contribution is 2.40. The van der Waals surface area contributed by atoms with E-state index in [4.69, 9.17) is 0 Å². The van der Waals surface area contributed by atoms with Gasteiger partial charge >= 0.3 is 0 Å². The van der Waals surface area contributed by atoms with Gasteiger partial charge in [0.2, 0.25) is 0 Å². The van der Waals surface area contributed by atoms with Crippen LogP contribution in [0.15, 0.2) is 46.2 Å². The maximum Gasteiger partial charge on any atom is 0.190 e. The van der Waals surface area contributed by atoms with Crippen LogP contribution in [0.4, 0.5) is 0 Å². The monoisotopic (exact) mass is 314 g/mol. The van der Waals surface area contributed by atoms with Crippen LogP contribution in [-0.4, -0.2) is 10.2 Å². The summed E-state index contributed by atoms with van der Waals surface area (Å²) in [6, 6.07) is 12.4. The molecule has 3 rings (SSSR count). The van der Waals surface area contributed by atoms with Crippen molar-refractivity contribution >= 4 is 33.8 Å². The van der Waals surface area contributed by atoms with Gasteiger partial charge in [-0.15, -0.1) is 0 Å². The van der Waals surface area contributed by atoms with Crippen molar-refractivity contribution in [2.45, 2.75) is 30.1 Å². The first-order valence-electron chi connectivity index (χ1n) is 6.66. The lowest BCUT2D eigenvalue weighted by Crippen LogP contribution is -1.85. The summed E-state index contributed by atoms with van der Waals surface area (Å²) in [7, 11) is 0. The van der Waals surface area contributed by atoms with E-state index in [1.54, 1.807) is 13.8 Å². The maximum absolute atomic E-state index is 11.2. The molecule has 0 bridgehead atoms. The lowest BCUT2D eigenvalue weighted by atomic mass is 10.1. The van der Waals surface area contributed by atoms with Crippen molar-refractivity contribution < 1.29 is 9.59 Å². The summed E-state index contributed by atoms with van der Waals surface area (Å²) in [6.45, 7) is 3.16. The van der Waals surface area contributed by atoms with E-state index >= 15 is 0 Å². The number of hydrogen-bond acceptors (Lipinski definition) is 4. The molecule has 1 aliphatic rings. The topological polar surface area (TPSA) is 34.1 Å². The van der Waals surface area contributed by atoms with Crippen LogP contribution in [0.2, 0.25) is 0 Å². The first-order chi connectivity index (χ1) is 10.0. The van der Waals surface area contributed by atoms with Gasteiger partial charge in [0.15, 0.2) is 10.2 Å². The van der Waals surface area contributed by atoms with Crippen molar-refractivity contribution in [3.8, 4) is 11.1 Å². The Hall–Kier alpha value is -1.52. The molecule has 2 nitrogen and oxygen atoms in total. The zero-order valence-electron chi connectivity index (χ0n) is 11.8. The molecule has 4 heteroatoms. The molecule has 0 spiro atoms. The van der Waals surface area contributed by atoms with E-state index in [0.29, 0.717) is 0 Å². The quantitative estimate of drug-likeness (QED) is 0.651. The molecular formula is C17H14O2S2. The Bertz CT molecular complexity index is 687. The highest BCUT2D eigenvalue weighted by atomic mass is 32.2. The largest absolute Gasteiger partial charge is 0.287 e. The smallest absolute Gasteiger partial charge is 0.190 e. The summed E-state index contributed by atoms with van der Waals surface area (Å²) in [5.74, 6) is 0. The van der Waals surface area contributed by atoms with E-state index in [-0.39, 0.29) is 10.2 Å². The van der Waals surface area contributed by atoms with Crippen LogP contribution in [0, 0.1) is 0 Å². The van der Waals surface area contributed by atoms with Gasteiger partial charge in [0.25, 0.3) is 0 Å². The molecule has 0 unspecified atom stereocenters. The Kier molecular flexibility index (Phi) is 3.91. The SMILES string of the molecule is CC(=O)Sc1ccc2c(c1)Cc1cc(SC(C)=O)ccc1-2. The normalized spacial score (nSPS) is 11.9. The van der Waals surface area contributed by atoms with Gasteiger partial charge in [-0.3, -0.25) is 9.59 Å². The number of rotatable bonds is 2. The summed E-state index contributed by atoms with van der Waals surface area (Å²) in [4.78, 5) is 24.4. The van der Waals surface area contributed by atoms with E-state index in [9.17, 15) is 9.59 Å². The second-order valence-corrected chi connectivity index (χ2v) is 7.50. The molecule has 0 saturated heterocycles. The van der Waals surface area contributed by atoms with Crippen molar-refractivity contribution in [2.75, 3.05) is 0 Å². The van der Waals surface area contributed by atoms with Gasteiger partial charge in [0.1, 0.15) is 0 Å². The fourth-order valence-corrected chi connectivity index (χ4v) is 3.96. The Morgan fingerprint density at radius 2 is 1.24 bits per heavy atom. The van der Waals surface area contributed by atoms with Gasteiger partial charge in [-0.2, -0.15) is 0 Å². The predicted octanol–water partition coefficient (Wildman–Crippen LogP) is 4.54. The predicted molar refractivity (Wildman–Crippen MR) is 87.8 cm³/mol. The van der Waals surface area contributed by atoms with E-state index in [1.165, 1.54) is 45.8 Å². The van der Waals surface area contributed by atoms with E-state index in [0.717, 1.165) is 16.2 Å². The van der Waals surface area contributed by atoms with Crippen LogP contribution >= 0.6 is 23.5 Å². The summed E-state index contributed by atoms with van der Waals surface area (Å²) >= 11 is 2.53. The minimum Gasteiger partial charge on any atom is -0.287 e. The van der Waals surface area contributed by atoms with E-state index in [2.05, 4.69) is 24.3 Å². The van der Waals surface area contributed by atoms with Crippen molar-refractivity contribution in [3.05, 3.63) is 47.5 Å². The third kappa shape index (κ3) is 3.06. The summed E-state index contributed by atoms with van der Waals surface area (Å²) < 4.78 is 0. The molecule has 106 valence electrons. The molecule has 0 radical (unpaired) electrons. The number of carbonyl (C=O) groups is 2. The van der Waals surface area contributed by atoms with Crippen LogP contribution in [0.3, 0.4) is 0 Å². The van der Waals surface area contributed by atoms with Crippen molar-refractivity contribution in [3.63, 3.8) is 0 Å². The Balaban J connectivity index is 1.93. The number of thioether (sulfide) groups is 2. The maximum atomic E-state index is 11.2. The van der Waals surface area contributed by atoms with Gasteiger partial charge in [-0.05, 0) is 52.9 Å². The van der Waals surface area contributed by atoms with Crippen LogP contribution in [0.25, 0.3) is 11.1 Å². The van der Waals surface area contributed by atoms with Crippen LogP contribution < -0.4 is 0 Å². The molecule has 0 N–H and O–H groups in total. The third-order valence-electron chi connectivity index (χ3n) is 3.35. The van der Waals surface area contributed by atoms with Crippen LogP contribution in [0.1, 0.15) is 25.0 Å². The number of benzene rings is 2. The lowest BCUT2D eigenvalue weighted by molar-refractivity contribution is -0.109. The second kappa shape index (κ2) is 5.70. The molecular weight excluding hydrogens is 300 g/mol. The molecule has 1 aliphatic carbocycles. The molecule has 2 aromatic carbocycles. The first-order valence-corrected chi connectivity index (χ1v) is 8.29. The average Bonchev–Trinajstić information content (AvgIpc) is 2.73. The zero-order valence-corrected chi connectivity index (χ0v) is 13.4. The van der Waals surface area contributed by atoms with Gasteiger partial charge in [0.05, 0.1) is 0 Å². The zero-order chi connectivity index (χ0) is 15.0. The third-order valence-corrected chi connectivity index (χ3v) is 4.90. The van der Waals surface area contributed by atoms with Crippen LogP contribution in [0.5, 0.6) is 0 Å². The Morgan fingerprint density at radius 3 is 1.62 bits per heavy atom. The van der Waals surface area contributed by atoms with Gasteiger partial charge in [0, 0.05) is 23.6 Å². The minimum atomic E-state index is 0.102. The van der Waals surface area contributed by atoms with Gasteiger partial charge < -0.3 is 0 Å². The van der Waals surface area contributed by atoms with Gasteiger partial charge in [-0.1, -0.05) is 35.7 Å². The first kappa shape index (κ1) is 14.4. The Labute approximate surface area is 132 Å². The minimum absolute atomic E-state index is 0.102. The number of fused-ring (bicyclic) bond motifs is 3. The molecule has 0 heterocycles.